The normalized spacial score (nSPS) is 45.8. The number of aliphatic hydroxyl groups excluding tert-OH is 1. The van der Waals surface area contributed by atoms with Crippen molar-refractivity contribution in [3.05, 3.63) is 23.0 Å². The lowest BCUT2D eigenvalue weighted by molar-refractivity contribution is -0.141. The zero-order valence-electron chi connectivity index (χ0n) is 18.4. The molecule has 0 bridgehead atoms. The third kappa shape index (κ3) is 2.81. The Bertz CT molecular complexity index is 870. The molecule has 4 fully saturated rings. The molecule has 158 valence electrons. The summed E-state index contributed by atoms with van der Waals surface area (Å²) in [4.78, 5) is 13.5. The van der Waals surface area contributed by atoms with Crippen molar-refractivity contribution < 1.29 is 9.90 Å². The monoisotopic (exact) mass is 396 g/mol. The first-order valence-electron chi connectivity index (χ1n) is 11.7. The van der Waals surface area contributed by atoms with Crippen molar-refractivity contribution in [3.63, 3.8) is 0 Å². The van der Waals surface area contributed by atoms with Gasteiger partial charge in [0, 0.05) is 24.2 Å². The van der Waals surface area contributed by atoms with Crippen LogP contribution in [0.3, 0.4) is 0 Å². The fraction of sp³-hybridized carbons (Fsp3) is 0.760. The van der Waals surface area contributed by atoms with E-state index in [1.54, 1.807) is 0 Å². The number of nitrogens with zero attached hydrogens (tertiary/aromatic N) is 2. The van der Waals surface area contributed by atoms with Gasteiger partial charge in [0.05, 0.1) is 11.8 Å². The number of aryl methyl sites for hydroxylation is 2. The van der Waals surface area contributed by atoms with Gasteiger partial charge in [0.1, 0.15) is 0 Å². The molecule has 1 N–H and O–H groups in total. The van der Waals surface area contributed by atoms with Gasteiger partial charge in [-0.25, -0.2) is 0 Å². The molecule has 4 aliphatic rings. The van der Waals surface area contributed by atoms with Crippen molar-refractivity contribution in [2.24, 2.45) is 41.5 Å². The second kappa shape index (κ2) is 6.54. The van der Waals surface area contributed by atoms with Crippen LogP contribution in [0.4, 0.5) is 0 Å². The smallest absolute Gasteiger partial charge is 0.165 e. The van der Waals surface area contributed by atoms with Crippen LogP contribution < -0.4 is 0 Å². The van der Waals surface area contributed by atoms with Gasteiger partial charge in [0.25, 0.3) is 0 Å². The molecular weight excluding hydrogens is 360 g/mol. The van der Waals surface area contributed by atoms with E-state index in [1.165, 1.54) is 19.3 Å². The van der Waals surface area contributed by atoms with Crippen LogP contribution in [0.25, 0.3) is 6.08 Å². The summed E-state index contributed by atoms with van der Waals surface area (Å²) in [5.74, 6) is 2.94. The number of carbonyl (C=O) groups is 1. The Morgan fingerprint density at radius 3 is 2.69 bits per heavy atom. The minimum atomic E-state index is -0.180. The number of rotatable bonds is 1. The summed E-state index contributed by atoms with van der Waals surface area (Å²) in [5, 5.41) is 14.7. The van der Waals surface area contributed by atoms with E-state index in [1.807, 2.05) is 24.9 Å². The van der Waals surface area contributed by atoms with Gasteiger partial charge >= 0.3 is 0 Å². The molecule has 0 radical (unpaired) electrons. The summed E-state index contributed by atoms with van der Waals surface area (Å²) in [5.41, 5.74) is 3.30. The molecule has 0 spiro atoms. The summed E-state index contributed by atoms with van der Waals surface area (Å²) in [7, 11) is 1.94. The average molecular weight is 397 g/mol. The number of allylic oxidation sites excluding steroid dienone is 1. The summed E-state index contributed by atoms with van der Waals surface area (Å²) >= 11 is 0. The van der Waals surface area contributed by atoms with Crippen molar-refractivity contribution in [2.75, 3.05) is 0 Å². The molecule has 29 heavy (non-hydrogen) atoms. The number of hydrogen-bond donors (Lipinski definition) is 1. The van der Waals surface area contributed by atoms with E-state index in [0.717, 1.165) is 54.9 Å². The maximum Gasteiger partial charge on any atom is 0.165 e. The maximum absolute atomic E-state index is 13.5. The Hall–Kier alpha value is -1.42. The molecule has 4 nitrogen and oxygen atoms in total. The lowest BCUT2D eigenvalue weighted by Crippen LogP contribution is -2.54. The van der Waals surface area contributed by atoms with E-state index < -0.39 is 0 Å². The number of carbonyl (C=O) groups excluding carboxylic acids is 1. The molecule has 7 atom stereocenters. The minimum absolute atomic E-state index is 0.0937. The Morgan fingerprint density at radius 1 is 1.17 bits per heavy atom. The second-order valence-corrected chi connectivity index (χ2v) is 11.1. The Morgan fingerprint density at radius 2 is 1.97 bits per heavy atom. The predicted octanol–water partition coefficient (Wildman–Crippen LogP) is 4.69. The summed E-state index contributed by atoms with van der Waals surface area (Å²) in [6, 6.07) is 0. The van der Waals surface area contributed by atoms with Crippen LogP contribution in [-0.2, 0) is 11.8 Å². The highest BCUT2D eigenvalue weighted by atomic mass is 16.3. The zero-order valence-corrected chi connectivity index (χ0v) is 18.4. The minimum Gasteiger partial charge on any atom is -0.393 e. The Kier molecular flexibility index (Phi) is 4.40. The highest BCUT2D eigenvalue weighted by molar-refractivity contribution is 6.06. The fourth-order valence-electron chi connectivity index (χ4n) is 7.98. The summed E-state index contributed by atoms with van der Waals surface area (Å²) in [6.07, 6.45) is 12.8. The first-order chi connectivity index (χ1) is 13.7. The number of fused-ring (bicyclic) bond motifs is 5. The number of hydrogen-bond acceptors (Lipinski definition) is 3. The molecule has 4 aliphatic carbocycles. The highest BCUT2D eigenvalue weighted by Gasteiger charge is 2.61. The van der Waals surface area contributed by atoms with Crippen molar-refractivity contribution in [3.8, 4) is 0 Å². The average Bonchev–Trinajstić information content (AvgIpc) is 3.12. The fourth-order valence-corrected chi connectivity index (χ4v) is 7.98. The van der Waals surface area contributed by atoms with Gasteiger partial charge in [-0.2, -0.15) is 5.10 Å². The van der Waals surface area contributed by atoms with E-state index in [0.29, 0.717) is 29.0 Å². The summed E-state index contributed by atoms with van der Waals surface area (Å²) < 4.78 is 1.84. The van der Waals surface area contributed by atoms with Crippen molar-refractivity contribution in [2.45, 2.75) is 78.2 Å². The van der Waals surface area contributed by atoms with Crippen LogP contribution in [0.1, 0.15) is 76.5 Å². The molecule has 0 aliphatic heterocycles. The third-order valence-electron chi connectivity index (χ3n) is 9.66. The van der Waals surface area contributed by atoms with Crippen molar-refractivity contribution in [1.29, 1.82) is 0 Å². The van der Waals surface area contributed by atoms with Gasteiger partial charge in [-0.3, -0.25) is 9.48 Å². The van der Waals surface area contributed by atoms with Crippen LogP contribution in [0.5, 0.6) is 0 Å². The second-order valence-electron chi connectivity index (χ2n) is 11.1. The molecule has 0 aromatic carbocycles. The topological polar surface area (TPSA) is 55.1 Å². The first-order valence-corrected chi connectivity index (χ1v) is 11.7. The Labute approximate surface area is 174 Å². The molecule has 1 aromatic heterocycles. The van der Waals surface area contributed by atoms with Gasteiger partial charge in [-0.1, -0.05) is 13.8 Å². The van der Waals surface area contributed by atoms with Crippen LogP contribution in [0, 0.1) is 41.4 Å². The van der Waals surface area contributed by atoms with E-state index >= 15 is 0 Å². The molecule has 0 saturated heterocycles. The third-order valence-corrected chi connectivity index (χ3v) is 9.66. The molecule has 4 saturated carbocycles. The van der Waals surface area contributed by atoms with Gasteiger partial charge in [0.2, 0.25) is 0 Å². The molecular formula is C25H36N2O2. The molecule has 0 unspecified atom stereocenters. The number of Topliss-reactive ketones (excluding diaryl/α,β-unsaturated/α-hetero) is 1. The molecule has 1 heterocycles. The maximum atomic E-state index is 13.5. The zero-order chi connectivity index (χ0) is 20.6. The van der Waals surface area contributed by atoms with Gasteiger partial charge in [-0.05, 0) is 99.0 Å². The number of aromatic nitrogens is 2. The molecule has 0 amide bonds. The lowest BCUT2D eigenvalue weighted by atomic mass is 9.45. The van der Waals surface area contributed by atoms with Crippen LogP contribution in [-0.4, -0.2) is 26.8 Å². The van der Waals surface area contributed by atoms with Crippen molar-refractivity contribution >= 4 is 11.9 Å². The van der Waals surface area contributed by atoms with E-state index in [2.05, 4.69) is 25.0 Å². The molecule has 5 rings (SSSR count). The number of aliphatic hydroxyl groups is 1. The van der Waals surface area contributed by atoms with E-state index in [4.69, 9.17) is 0 Å². The van der Waals surface area contributed by atoms with Crippen LogP contribution >= 0.6 is 0 Å². The van der Waals surface area contributed by atoms with E-state index in [9.17, 15) is 9.90 Å². The first kappa shape index (κ1) is 19.5. The lowest BCUT2D eigenvalue weighted by Gasteiger charge is -2.59. The summed E-state index contributed by atoms with van der Waals surface area (Å²) in [6.45, 7) is 6.79. The molecule has 4 heteroatoms. The Balaban J connectivity index is 1.46. The quantitative estimate of drug-likeness (QED) is 0.701. The van der Waals surface area contributed by atoms with Gasteiger partial charge < -0.3 is 5.11 Å². The van der Waals surface area contributed by atoms with Crippen molar-refractivity contribution in [1.82, 2.24) is 9.78 Å². The molecule has 1 aromatic rings. The number of ketones is 1. The SMILES string of the molecule is Cc1nn(C)cc1/C=C1/C[C@H]2[C@H]3CC[C@@H]4C[C@H](O)CC[C@]4(C)[C@@H]3CC[C@]2(C)C1=O. The van der Waals surface area contributed by atoms with Gasteiger partial charge in [-0.15, -0.1) is 0 Å². The van der Waals surface area contributed by atoms with Gasteiger partial charge in [0.15, 0.2) is 5.78 Å². The largest absolute Gasteiger partial charge is 0.393 e. The highest BCUT2D eigenvalue weighted by Crippen LogP contribution is 2.66. The standard InChI is InChI=1S/C25H36N2O2/c1-15-17(14-27(4)26-15)11-16-12-22-20-6-5-18-13-19(28)7-9-24(18,2)21(20)8-10-25(22,3)23(16)29/h11,14,18-22,28H,5-10,12-13H2,1-4H3/b16-11-/t18-,19-,20+,21-,22+,24+,25+/m1/s1. The van der Waals surface area contributed by atoms with Crippen LogP contribution in [0.2, 0.25) is 0 Å². The van der Waals surface area contributed by atoms with Crippen LogP contribution in [0.15, 0.2) is 11.8 Å². The van der Waals surface area contributed by atoms with E-state index in [-0.39, 0.29) is 11.5 Å². The predicted molar refractivity (Wildman–Crippen MR) is 114 cm³/mol.